The zero-order valence-electron chi connectivity index (χ0n) is 12.8. The van der Waals surface area contributed by atoms with Crippen LogP contribution >= 0.6 is 0 Å². The van der Waals surface area contributed by atoms with Crippen molar-refractivity contribution in [3.8, 4) is 0 Å². The van der Waals surface area contributed by atoms with Crippen LogP contribution in [-0.2, 0) is 9.53 Å². The van der Waals surface area contributed by atoms with Crippen LogP contribution in [0.5, 0.6) is 0 Å². The average Bonchev–Trinajstić information content (AvgIpc) is 3.08. The minimum absolute atomic E-state index is 0.196. The number of carbonyl (C=O) groups excluding carboxylic acids is 1. The third-order valence-electron chi connectivity index (χ3n) is 4.54. The second-order valence-electron chi connectivity index (χ2n) is 5.94. The molecule has 20 heavy (non-hydrogen) atoms. The first-order valence-electron chi connectivity index (χ1n) is 7.79. The number of rotatable bonds is 4. The summed E-state index contributed by atoms with van der Waals surface area (Å²) in [4.78, 5) is 18.1. The van der Waals surface area contributed by atoms with Gasteiger partial charge in [-0.3, -0.25) is 9.79 Å². The van der Waals surface area contributed by atoms with Gasteiger partial charge in [-0.15, -0.1) is 0 Å². The van der Waals surface area contributed by atoms with Crippen LogP contribution in [0.3, 0.4) is 0 Å². The van der Waals surface area contributed by atoms with Crippen LogP contribution in [0.25, 0.3) is 0 Å². The van der Waals surface area contributed by atoms with Gasteiger partial charge in [0.05, 0.1) is 20.1 Å². The van der Waals surface area contributed by atoms with Crippen molar-refractivity contribution in [3.05, 3.63) is 0 Å². The highest BCUT2D eigenvalue weighted by atomic mass is 16.5. The molecular weight excluding hydrogens is 254 g/mol. The van der Waals surface area contributed by atoms with E-state index in [1.807, 2.05) is 0 Å². The number of nitrogens with one attached hydrogen (secondary N) is 1. The summed E-state index contributed by atoms with van der Waals surface area (Å²) in [7, 11) is 1.42. The molecule has 0 radical (unpaired) electrons. The highest BCUT2D eigenvalue weighted by Gasteiger charge is 2.41. The lowest BCUT2D eigenvalue weighted by Gasteiger charge is -2.25. The van der Waals surface area contributed by atoms with Crippen LogP contribution in [0.4, 0.5) is 0 Å². The largest absolute Gasteiger partial charge is 0.469 e. The fourth-order valence-corrected chi connectivity index (χ4v) is 3.43. The number of esters is 1. The standard InChI is InChI=1S/C15H27N3O2/c1-3-16-14(17-10-6-13(19)20-2)18-11-9-15(12-18)7-4-5-8-15/h3-12H2,1-2H3,(H,16,17). The van der Waals surface area contributed by atoms with Crippen molar-refractivity contribution >= 4 is 11.9 Å². The zero-order chi connectivity index (χ0) is 14.4. The first kappa shape index (κ1) is 15.1. The Morgan fingerprint density at radius 1 is 1.35 bits per heavy atom. The van der Waals surface area contributed by atoms with Gasteiger partial charge in [0.15, 0.2) is 5.96 Å². The predicted octanol–water partition coefficient (Wildman–Crippen LogP) is 1.78. The summed E-state index contributed by atoms with van der Waals surface area (Å²) in [6.07, 6.45) is 7.13. The van der Waals surface area contributed by atoms with Gasteiger partial charge in [0.2, 0.25) is 0 Å². The Morgan fingerprint density at radius 3 is 2.75 bits per heavy atom. The summed E-state index contributed by atoms with van der Waals surface area (Å²) >= 11 is 0. The first-order valence-corrected chi connectivity index (χ1v) is 7.79. The van der Waals surface area contributed by atoms with E-state index in [-0.39, 0.29) is 5.97 Å². The van der Waals surface area contributed by atoms with Crippen molar-refractivity contribution < 1.29 is 9.53 Å². The SMILES string of the molecule is CCNC(=NCCC(=O)OC)N1CCC2(CCCC2)C1. The molecule has 0 unspecified atom stereocenters. The Kier molecular flexibility index (Phi) is 5.26. The highest BCUT2D eigenvalue weighted by Crippen LogP contribution is 2.45. The van der Waals surface area contributed by atoms with Gasteiger partial charge in [0.25, 0.3) is 0 Å². The molecule has 5 nitrogen and oxygen atoms in total. The summed E-state index contributed by atoms with van der Waals surface area (Å²) in [5.74, 6) is 0.762. The number of hydrogen-bond acceptors (Lipinski definition) is 3. The monoisotopic (exact) mass is 281 g/mol. The molecule has 2 aliphatic rings. The molecule has 1 aliphatic heterocycles. The topological polar surface area (TPSA) is 53.9 Å². The molecule has 114 valence electrons. The van der Waals surface area contributed by atoms with E-state index in [0.717, 1.165) is 25.6 Å². The molecule has 0 amide bonds. The van der Waals surface area contributed by atoms with E-state index in [9.17, 15) is 4.79 Å². The van der Waals surface area contributed by atoms with Crippen molar-refractivity contribution in [1.29, 1.82) is 0 Å². The van der Waals surface area contributed by atoms with E-state index in [1.165, 1.54) is 39.2 Å². The van der Waals surface area contributed by atoms with Crippen molar-refractivity contribution in [2.75, 3.05) is 33.3 Å². The Labute approximate surface area is 121 Å². The van der Waals surface area contributed by atoms with Gasteiger partial charge in [-0.1, -0.05) is 12.8 Å². The van der Waals surface area contributed by atoms with Gasteiger partial charge in [-0.2, -0.15) is 0 Å². The summed E-state index contributed by atoms with van der Waals surface area (Å²) in [5, 5.41) is 3.35. The van der Waals surface area contributed by atoms with Crippen molar-refractivity contribution in [1.82, 2.24) is 10.2 Å². The molecule has 1 saturated carbocycles. The van der Waals surface area contributed by atoms with Crippen LogP contribution in [0.15, 0.2) is 4.99 Å². The van der Waals surface area contributed by atoms with Gasteiger partial charge in [0.1, 0.15) is 0 Å². The number of guanidine groups is 1. The number of ether oxygens (including phenoxy) is 1. The number of hydrogen-bond donors (Lipinski definition) is 1. The first-order chi connectivity index (χ1) is 9.69. The minimum Gasteiger partial charge on any atom is -0.469 e. The molecule has 2 fully saturated rings. The van der Waals surface area contributed by atoms with Crippen LogP contribution in [0, 0.1) is 5.41 Å². The zero-order valence-corrected chi connectivity index (χ0v) is 12.8. The molecule has 2 rings (SSSR count). The Balaban J connectivity index is 1.91. The molecule has 1 N–H and O–H groups in total. The number of methoxy groups -OCH3 is 1. The third-order valence-corrected chi connectivity index (χ3v) is 4.54. The van der Waals surface area contributed by atoms with Gasteiger partial charge in [0, 0.05) is 19.6 Å². The fraction of sp³-hybridized carbons (Fsp3) is 0.867. The van der Waals surface area contributed by atoms with Crippen LogP contribution < -0.4 is 5.32 Å². The summed E-state index contributed by atoms with van der Waals surface area (Å²) in [6.45, 7) is 5.65. The molecule has 0 atom stereocenters. The maximum absolute atomic E-state index is 11.2. The molecule has 1 heterocycles. The molecule has 1 saturated heterocycles. The quantitative estimate of drug-likeness (QED) is 0.485. The molecule has 0 aromatic rings. The molecular formula is C15H27N3O2. The number of aliphatic imine (C=N–C) groups is 1. The lowest BCUT2D eigenvalue weighted by atomic mass is 9.86. The maximum Gasteiger partial charge on any atom is 0.307 e. The number of nitrogens with zero attached hydrogens (tertiary/aromatic N) is 2. The molecule has 1 spiro atoms. The normalized spacial score (nSPS) is 21.5. The van der Waals surface area contributed by atoms with Gasteiger partial charge in [-0.25, -0.2) is 0 Å². The Hall–Kier alpha value is -1.26. The van der Waals surface area contributed by atoms with Crippen molar-refractivity contribution in [2.45, 2.75) is 45.4 Å². The van der Waals surface area contributed by atoms with Crippen LogP contribution in [-0.4, -0.2) is 50.1 Å². The Morgan fingerprint density at radius 2 is 2.10 bits per heavy atom. The Bertz CT molecular complexity index is 362. The molecule has 0 aromatic heterocycles. The number of likely N-dealkylation sites (tertiary alicyclic amines) is 1. The van der Waals surface area contributed by atoms with Crippen molar-refractivity contribution in [2.24, 2.45) is 10.4 Å². The van der Waals surface area contributed by atoms with Gasteiger partial charge >= 0.3 is 5.97 Å². The molecule has 0 bridgehead atoms. The second kappa shape index (κ2) is 6.95. The fourth-order valence-electron chi connectivity index (χ4n) is 3.43. The molecule has 5 heteroatoms. The van der Waals surface area contributed by atoms with Gasteiger partial charge < -0.3 is 15.0 Å². The van der Waals surface area contributed by atoms with Crippen molar-refractivity contribution in [3.63, 3.8) is 0 Å². The van der Waals surface area contributed by atoms with E-state index in [4.69, 9.17) is 0 Å². The predicted molar refractivity (Wildman–Crippen MR) is 79.7 cm³/mol. The highest BCUT2D eigenvalue weighted by molar-refractivity contribution is 5.80. The molecule has 0 aromatic carbocycles. The van der Waals surface area contributed by atoms with Gasteiger partial charge in [-0.05, 0) is 31.6 Å². The van der Waals surface area contributed by atoms with E-state index < -0.39 is 0 Å². The van der Waals surface area contributed by atoms with E-state index >= 15 is 0 Å². The van der Waals surface area contributed by atoms with E-state index in [0.29, 0.717) is 18.4 Å². The summed E-state index contributed by atoms with van der Waals surface area (Å²) in [6, 6.07) is 0. The minimum atomic E-state index is -0.196. The van der Waals surface area contributed by atoms with E-state index in [2.05, 4.69) is 26.9 Å². The lowest BCUT2D eigenvalue weighted by Crippen LogP contribution is -2.41. The van der Waals surface area contributed by atoms with E-state index in [1.54, 1.807) is 0 Å². The third kappa shape index (κ3) is 3.64. The summed E-state index contributed by atoms with van der Waals surface area (Å²) < 4.78 is 4.65. The average molecular weight is 281 g/mol. The van der Waals surface area contributed by atoms with Crippen LogP contribution in [0.1, 0.15) is 45.4 Å². The maximum atomic E-state index is 11.2. The molecule has 1 aliphatic carbocycles. The summed E-state index contributed by atoms with van der Waals surface area (Å²) in [5.41, 5.74) is 0.540. The van der Waals surface area contributed by atoms with Crippen LogP contribution in [0.2, 0.25) is 0 Å². The lowest BCUT2D eigenvalue weighted by molar-refractivity contribution is -0.140. The number of carbonyl (C=O) groups is 1. The second-order valence-corrected chi connectivity index (χ2v) is 5.94. The smallest absolute Gasteiger partial charge is 0.307 e.